The van der Waals surface area contributed by atoms with E-state index in [-0.39, 0.29) is 32.5 Å². The van der Waals surface area contributed by atoms with Crippen LogP contribution in [0.3, 0.4) is 0 Å². The van der Waals surface area contributed by atoms with Crippen molar-refractivity contribution in [1.29, 1.82) is 0 Å². The summed E-state index contributed by atoms with van der Waals surface area (Å²) in [4.78, 5) is 28.3. The summed E-state index contributed by atoms with van der Waals surface area (Å²) in [6, 6.07) is 14.7. The Labute approximate surface area is 247 Å². The van der Waals surface area contributed by atoms with Crippen LogP contribution in [0.5, 0.6) is 0 Å². The number of sulfonamides is 1. The topological polar surface area (TPSA) is 135 Å². The smallest absolute Gasteiger partial charge is 0.331 e. The quantitative estimate of drug-likeness (QED) is 0.246. The molecule has 0 saturated carbocycles. The second-order valence-corrected chi connectivity index (χ2v) is 13.4. The van der Waals surface area contributed by atoms with Crippen molar-refractivity contribution in [3.05, 3.63) is 118 Å². The lowest BCUT2D eigenvalue weighted by molar-refractivity contribution is -0.137. The van der Waals surface area contributed by atoms with Crippen molar-refractivity contribution in [3.63, 3.8) is 0 Å². The average molecular weight is 648 g/mol. The first-order valence-electron chi connectivity index (χ1n) is 12.6. The number of amides is 1. The minimum Gasteiger partial charge on any atom is -0.331 e. The first-order valence-corrected chi connectivity index (χ1v) is 16.0. The van der Waals surface area contributed by atoms with Gasteiger partial charge in [-0.2, -0.15) is 13.2 Å². The van der Waals surface area contributed by atoms with Gasteiger partial charge in [-0.1, -0.05) is 24.3 Å². The van der Waals surface area contributed by atoms with E-state index in [0.717, 1.165) is 59.4 Å². The molecule has 0 radical (unpaired) electrons. The molecular formula is C29H21F4N3O6S2. The molecule has 44 heavy (non-hydrogen) atoms. The van der Waals surface area contributed by atoms with E-state index in [1.165, 1.54) is 36.5 Å². The van der Waals surface area contributed by atoms with Crippen LogP contribution in [0.1, 0.15) is 21.6 Å². The zero-order valence-corrected chi connectivity index (χ0v) is 24.1. The normalized spacial score (nSPS) is 12.4. The van der Waals surface area contributed by atoms with E-state index in [0.29, 0.717) is 0 Å². The lowest BCUT2D eigenvalue weighted by Gasteiger charge is -2.14. The van der Waals surface area contributed by atoms with Gasteiger partial charge in [0.05, 0.1) is 21.9 Å². The van der Waals surface area contributed by atoms with Gasteiger partial charge in [0.1, 0.15) is 11.5 Å². The fourth-order valence-electron chi connectivity index (χ4n) is 4.72. The molecule has 0 unspecified atom stereocenters. The summed E-state index contributed by atoms with van der Waals surface area (Å²) in [6.07, 6.45) is -2.71. The number of alkyl halides is 3. The lowest BCUT2D eigenvalue weighted by atomic mass is 10.0. The molecule has 0 spiro atoms. The van der Waals surface area contributed by atoms with Gasteiger partial charge in [0, 0.05) is 40.0 Å². The number of carbonyl (C=O) groups excluding carboxylic acids is 1. The largest absolute Gasteiger partial charge is 0.416 e. The minimum absolute atomic E-state index is 0.00980. The summed E-state index contributed by atoms with van der Waals surface area (Å²) in [6.45, 7) is -0.439. The average Bonchev–Trinajstić information content (AvgIpc) is 3.27. The number of benzene rings is 3. The van der Waals surface area contributed by atoms with E-state index in [1.807, 2.05) is 4.72 Å². The number of H-pyrrole nitrogens is 1. The van der Waals surface area contributed by atoms with Gasteiger partial charge in [0.25, 0.3) is 21.5 Å². The number of fused-ring (bicyclic) bond motifs is 1. The minimum atomic E-state index is -4.82. The highest BCUT2D eigenvalue weighted by atomic mass is 32.2. The summed E-state index contributed by atoms with van der Waals surface area (Å²) in [5.74, 6) is -2.08. The molecule has 0 aliphatic heterocycles. The number of aromatic nitrogens is 2. The van der Waals surface area contributed by atoms with E-state index in [1.54, 1.807) is 0 Å². The van der Waals surface area contributed by atoms with Gasteiger partial charge >= 0.3 is 6.18 Å². The van der Waals surface area contributed by atoms with Crippen molar-refractivity contribution < 1.29 is 39.2 Å². The number of hydrogen-bond donors (Lipinski definition) is 2. The highest BCUT2D eigenvalue weighted by molar-refractivity contribution is 7.91. The van der Waals surface area contributed by atoms with Gasteiger partial charge in [0.2, 0.25) is 0 Å². The Bertz CT molecular complexity index is 2220. The number of halogens is 4. The first-order chi connectivity index (χ1) is 20.6. The zero-order chi connectivity index (χ0) is 32.0. The first kappa shape index (κ1) is 30.7. The Kier molecular flexibility index (Phi) is 7.72. The molecule has 2 N–H and O–H groups in total. The van der Waals surface area contributed by atoms with Gasteiger partial charge in [-0.15, -0.1) is 0 Å². The number of aromatic amines is 1. The second-order valence-electron chi connectivity index (χ2n) is 9.73. The van der Waals surface area contributed by atoms with Crippen molar-refractivity contribution in [1.82, 2.24) is 14.3 Å². The molecule has 5 rings (SSSR count). The highest BCUT2D eigenvalue weighted by Gasteiger charge is 2.34. The Hall–Kier alpha value is -4.76. The number of nitrogens with zero attached hydrogens (tertiary/aromatic N) is 1. The molecule has 0 saturated heterocycles. The second kappa shape index (κ2) is 11.1. The van der Waals surface area contributed by atoms with Crippen LogP contribution in [-0.4, -0.2) is 38.5 Å². The molecule has 0 atom stereocenters. The predicted molar refractivity (Wildman–Crippen MR) is 153 cm³/mol. The molecule has 5 aromatic rings. The number of rotatable bonds is 7. The summed E-state index contributed by atoms with van der Waals surface area (Å²) >= 11 is 0. The van der Waals surface area contributed by atoms with Crippen molar-refractivity contribution >= 4 is 36.7 Å². The molecule has 2 aromatic heterocycles. The molecule has 228 valence electrons. The van der Waals surface area contributed by atoms with Crippen LogP contribution < -0.4 is 10.3 Å². The number of hydrogen-bond acceptors (Lipinski definition) is 6. The van der Waals surface area contributed by atoms with Gasteiger partial charge in [-0.3, -0.25) is 9.59 Å². The summed E-state index contributed by atoms with van der Waals surface area (Å²) < 4.78 is 110. The van der Waals surface area contributed by atoms with Crippen LogP contribution >= 0.6 is 0 Å². The molecule has 0 aliphatic carbocycles. The molecule has 15 heteroatoms. The fraction of sp³-hybridized carbons (Fsp3) is 0.103. The van der Waals surface area contributed by atoms with E-state index in [4.69, 9.17) is 0 Å². The zero-order valence-electron chi connectivity index (χ0n) is 22.5. The molecule has 9 nitrogen and oxygen atoms in total. The third-order valence-corrected chi connectivity index (χ3v) is 9.19. The third-order valence-electron chi connectivity index (χ3n) is 6.75. The number of nitrogens with one attached hydrogen (secondary N) is 2. The Morgan fingerprint density at radius 3 is 2.27 bits per heavy atom. The van der Waals surface area contributed by atoms with Gasteiger partial charge in [-0.25, -0.2) is 25.9 Å². The molecule has 2 heterocycles. The van der Waals surface area contributed by atoms with Gasteiger partial charge in [0.15, 0.2) is 9.84 Å². The fourth-order valence-corrected chi connectivity index (χ4v) is 6.46. The van der Waals surface area contributed by atoms with Crippen LogP contribution in [0.15, 0.2) is 99.6 Å². The van der Waals surface area contributed by atoms with Crippen LogP contribution in [0.25, 0.3) is 22.0 Å². The summed E-state index contributed by atoms with van der Waals surface area (Å²) in [5, 5.41) is -0.227. The Morgan fingerprint density at radius 1 is 0.909 bits per heavy atom. The Morgan fingerprint density at radius 2 is 1.61 bits per heavy atom. The molecule has 1 amide bonds. The summed E-state index contributed by atoms with van der Waals surface area (Å²) in [5.41, 5.74) is -3.07. The molecular weight excluding hydrogens is 626 g/mol. The number of sulfone groups is 1. The van der Waals surface area contributed by atoms with Crippen LogP contribution in [0, 0.1) is 5.82 Å². The van der Waals surface area contributed by atoms with Crippen molar-refractivity contribution in [3.8, 4) is 11.1 Å². The molecule has 0 fully saturated rings. The molecule has 0 aliphatic rings. The molecule has 0 bridgehead atoms. The van der Waals surface area contributed by atoms with Crippen molar-refractivity contribution in [2.75, 3.05) is 6.26 Å². The maximum absolute atomic E-state index is 14.8. The van der Waals surface area contributed by atoms with Gasteiger partial charge < -0.3 is 9.55 Å². The molecule has 3 aromatic carbocycles. The van der Waals surface area contributed by atoms with Crippen LogP contribution in [0.2, 0.25) is 0 Å². The van der Waals surface area contributed by atoms with E-state index in [2.05, 4.69) is 4.98 Å². The standard InChI is InChI=1S/C29H21F4N3O6S2/c1-43(39,40)19-7-4-8-20(15-19)44(41,42)35-28(38)26-25(21-9-5-13-34-27(21)37)22-14-18(29(31,32)33)11-12-24(22)36(26)16-17-6-2-3-10-23(17)30/h2-15H,16H2,1H3,(H,34,37)(H,35,38). The SMILES string of the molecule is CS(=O)(=O)c1cccc(S(=O)(=O)NC(=O)c2c(-c3ccc[nH]c3=O)c3cc(C(F)(F)F)ccc3n2Cc2ccccc2F)c1. The lowest BCUT2D eigenvalue weighted by Crippen LogP contribution is -2.33. The predicted octanol–water partition coefficient (Wildman–Crippen LogP) is 4.73. The van der Waals surface area contributed by atoms with Crippen LogP contribution in [-0.2, 0) is 32.6 Å². The van der Waals surface area contributed by atoms with Crippen molar-refractivity contribution in [2.24, 2.45) is 0 Å². The third kappa shape index (κ3) is 5.88. The number of carbonyl (C=O) groups is 1. The summed E-state index contributed by atoms with van der Waals surface area (Å²) in [7, 11) is -8.62. The van der Waals surface area contributed by atoms with Crippen molar-refractivity contribution in [2.45, 2.75) is 22.5 Å². The van der Waals surface area contributed by atoms with Crippen LogP contribution in [0.4, 0.5) is 17.6 Å². The monoisotopic (exact) mass is 647 g/mol. The maximum Gasteiger partial charge on any atom is 0.416 e. The number of pyridine rings is 1. The van der Waals surface area contributed by atoms with Gasteiger partial charge in [-0.05, 0) is 54.6 Å². The highest BCUT2D eigenvalue weighted by Crippen LogP contribution is 2.39. The van der Waals surface area contributed by atoms with E-state index < -0.39 is 66.0 Å². The maximum atomic E-state index is 14.8. The van der Waals surface area contributed by atoms with E-state index >= 15 is 0 Å². The Balaban J connectivity index is 1.80. The van der Waals surface area contributed by atoms with E-state index in [9.17, 15) is 44.0 Å².